The molecule has 3 N–H and O–H groups in total. The van der Waals surface area contributed by atoms with E-state index in [-0.39, 0.29) is 42.7 Å². The second-order valence-electron chi connectivity index (χ2n) is 5.90. The van der Waals surface area contributed by atoms with Crippen LogP contribution in [0.25, 0.3) is 0 Å². The molecule has 2 fully saturated rings. The average molecular weight is 352 g/mol. The fraction of sp³-hybridized carbons (Fsp3) is 0.714. The van der Waals surface area contributed by atoms with Crippen LogP contribution in [0.2, 0.25) is 0 Å². The van der Waals surface area contributed by atoms with Gasteiger partial charge in [-0.2, -0.15) is 0 Å². The fourth-order valence-corrected chi connectivity index (χ4v) is 4.62. The number of rotatable bonds is 3. The standard InChI is InChI=1S/C14H21N3OS.2ClH/c1-7-11(19-8(2)17-7)6-16-14(18)12-9-3-4-10(5-9)13(12)15;;/h9-10,12-13H,3-6,15H2,1-2H3,(H,16,18);2*1H. The van der Waals surface area contributed by atoms with Crippen molar-refractivity contribution in [1.29, 1.82) is 0 Å². The molecule has 0 aromatic carbocycles. The van der Waals surface area contributed by atoms with Crippen molar-refractivity contribution in [3.8, 4) is 0 Å². The normalized spacial score (nSPS) is 29.7. The van der Waals surface area contributed by atoms with E-state index < -0.39 is 0 Å². The van der Waals surface area contributed by atoms with E-state index in [2.05, 4.69) is 10.3 Å². The van der Waals surface area contributed by atoms with Gasteiger partial charge in [-0.25, -0.2) is 4.98 Å². The topological polar surface area (TPSA) is 68.0 Å². The van der Waals surface area contributed by atoms with Gasteiger partial charge in [-0.1, -0.05) is 0 Å². The van der Waals surface area contributed by atoms with Crippen LogP contribution < -0.4 is 11.1 Å². The molecule has 2 saturated carbocycles. The largest absolute Gasteiger partial charge is 0.351 e. The van der Waals surface area contributed by atoms with Gasteiger partial charge in [-0.3, -0.25) is 4.79 Å². The molecule has 4 nitrogen and oxygen atoms in total. The van der Waals surface area contributed by atoms with Gasteiger partial charge in [0.1, 0.15) is 0 Å². The van der Waals surface area contributed by atoms with Crippen LogP contribution in [0.15, 0.2) is 0 Å². The molecule has 2 aliphatic carbocycles. The molecule has 120 valence electrons. The number of carbonyl (C=O) groups excluding carboxylic acids is 1. The number of nitrogens with one attached hydrogen (secondary N) is 1. The Morgan fingerprint density at radius 1 is 1.33 bits per heavy atom. The third-order valence-electron chi connectivity index (χ3n) is 4.71. The number of halogens is 2. The van der Waals surface area contributed by atoms with Gasteiger partial charge < -0.3 is 11.1 Å². The second kappa shape index (κ2) is 7.27. The van der Waals surface area contributed by atoms with Crippen LogP contribution in [-0.2, 0) is 11.3 Å². The highest BCUT2D eigenvalue weighted by molar-refractivity contribution is 7.11. The number of aromatic nitrogens is 1. The highest BCUT2D eigenvalue weighted by Crippen LogP contribution is 2.47. The molecule has 3 rings (SSSR count). The fourth-order valence-electron chi connectivity index (χ4n) is 3.75. The maximum Gasteiger partial charge on any atom is 0.225 e. The number of nitrogens with zero attached hydrogens (tertiary/aromatic N) is 1. The van der Waals surface area contributed by atoms with Crippen LogP contribution >= 0.6 is 36.2 Å². The molecule has 0 aliphatic heterocycles. The molecule has 1 aromatic rings. The van der Waals surface area contributed by atoms with Gasteiger partial charge in [0.2, 0.25) is 5.91 Å². The van der Waals surface area contributed by atoms with Crippen LogP contribution in [0.5, 0.6) is 0 Å². The lowest BCUT2D eigenvalue weighted by Gasteiger charge is -2.26. The van der Waals surface area contributed by atoms with Gasteiger partial charge >= 0.3 is 0 Å². The number of nitrogens with two attached hydrogens (primary N) is 1. The van der Waals surface area contributed by atoms with Crippen molar-refractivity contribution in [2.45, 2.75) is 45.7 Å². The second-order valence-corrected chi connectivity index (χ2v) is 7.18. The molecule has 0 spiro atoms. The summed E-state index contributed by atoms with van der Waals surface area (Å²) < 4.78 is 0. The Kier molecular flexibility index (Phi) is 6.47. The molecule has 1 aromatic heterocycles. The number of hydrogen-bond donors (Lipinski definition) is 2. The van der Waals surface area contributed by atoms with Gasteiger partial charge in [0.25, 0.3) is 0 Å². The average Bonchev–Trinajstić information content (AvgIpc) is 3.01. The first-order valence-electron chi connectivity index (χ1n) is 7.02. The van der Waals surface area contributed by atoms with Crippen molar-refractivity contribution in [1.82, 2.24) is 10.3 Å². The number of hydrogen-bond acceptors (Lipinski definition) is 4. The zero-order valence-corrected chi connectivity index (χ0v) is 14.7. The molecule has 2 aliphatic rings. The predicted octanol–water partition coefficient (Wildman–Crippen LogP) is 2.59. The number of amides is 1. The van der Waals surface area contributed by atoms with Crippen molar-refractivity contribution >= 4 is 42.1 Å². The monoisotopic (exact) mass is 351 g/mol. The van der Waals surface area contributed by atoms with Crippen molar-refractivity contribution in [2.75, 3.05) is 0 Å². The number of carbonyl (C=O) groups is 1. The van der Waals surface area contributed by atoms with Crippen LogP contribution in [0.1, 0.15) is 34.8 Å². The van der Waals surface area contributed by atoms with E-state index in [1.807, 2.05) is 13.8 Å². The molecule has 21 heavy (non-hydrogen) atoms. The summed E-state index contributed by atoms with van der Waals surface area (Å²) in [6.45, 7) is 4.58. The minimum Gasteiger partial charge on any atom is -0.351 e. The quantitative estimate of drug-likeness (QED) is 0.879. The van der Waals surface area contributed by atoms with Gasteiger partial charge in [0.05, 0.1) is 23.2 Å². The van der Waals surface area contributed by atoms with Crippen LogP contribution in [0.3, 0.4) is 0 Å². The van der Waals surface area contributed by atoms with Crippen LogP contribution in [0, 0.1) is 31.6 Å². The third kappa shape index (κ3) is 3.52. The Bertz CT molecular complexity index is 506. The van der Waals surface area contributed by atoms with Crippen molar-refractivity contribution in [3.05, 3.63) is 15.6 Å². The van der Waals surface area contributed by atoms with Gasteiger partial charge in [-0.15, -0.1) is 36.2 Å². The molecule has 1 amide bonds. The molecule has 0 saturated heterocycles. The molecular formula is C14H23Cl2N3OS. The predicted molar refractivity (Wildman–Crippen MR) is 90.2 cm³/mol. The highest BCUT2D eigenvalue weighted by atomic mass is 35.5. The lowest BCUT2D eigenvalue weighted by Crippen LogP contribution is -2.45. The lowest BCUT2D eigenvalue weighted by molar-refractivity contribution is -0.127. The molecule has 1 heterocycles. The summed E-state index contributed by atoms with van der Waals surface area (Å²) in [7, 11) is 0. The van der Waals surface area contributed by atoms with Gasteiger partial charge in [-0.05, 0) is 44.9 Å². The van der Waals surface area contributed by atoms with Crippen molar-refractivity contribution < 1.29 is 4.79 Å². The first kappa shape index (κ1) is 18.7. The minimum absolute atomic E-state index is 0. The van der Waals surface area contributed by atoms with Crippen molar-refractivity contribution in [3.63, 3.8) is 0 Å². The summed E-state index contributed by atoms with van der Waals surface area (Å²) in [6, 6.07) is 0.0723. The zero-order valence-electron chi connectivity index (χ0n) is 12.3. The summed E-state index contributed by atoms with van der Waals surface area (Å²) >= 11 is 1.66. The number of aryl methyl sites for hydroxylation is 2. The summed E-state index contributed by atoms with van der Waals surface area (Å²) in [4.78, 5) is 17.9. The lowest BCUT2D eigenvalue weighted by atomic mass is 9.84. The summed E-state index contributed by atoms with van der Waals surface area (Å²) in [6.07, 6.45) is 3.54. The Morgan fingerprint density at radius 2 is 2.00 bits per heavy atom. The summed E-state index contributed by atoms with van der Waals surface area (Å²) in [5.41, 5.74) is 7.23. The van der Waals surface area contributed by atoms with Gasteiger partial charge in [0.15, 0.2) is 0 Å². The molecule has 4 unspecified atom stereocenters. The van der Waals surface area contributed by atoms with E-state index in [1.165, 1.54) is 12.8 Å². The molecule has 2 bridgehead atoms. The first-order valence-corrected chi connectivity index (χ1v) is 7.84. The zero-order chi connectivity index (χ0) is 13.6. The van der Waals surface area contributed by atoms with Crippen LogP contribution in [-0.4, -0.2) is 16.9 Å². The van der Waals surface area contributed by atoms with Gasteiger partial charge in [0, 0.05) is 10.9 Å². The van der Waals surface area contributed by atoms with E-state index in [0.717, 1.165) is 22.0 Å². The summed E-state index contributed by atoms with van der Waals surface area (Å²) in [5, 5.41) is 4.12. The summed E-state index contributed by atoms with van der Waals surface area (Å²) in [5.74, 6) is 1.27. The molecule has 7 heteroatoms. The van der Waals surface area contributed by atoms with E-state index >= 15 is 0 Å². The molecule has 0 radical (unpaired) electrons. The van der Waals surface area contributed by atoms with E-state index in [1.54, 1.807) is 11.3 Å². The maximum atomic E-state index is 12.3. The van der Waals surface area contributed by atoms with Crippen LogP contribution in [0.4, 0.5) is 0 Å². The first-order chi connectivity index (χ1) is 9.06. The molecular weight excluding hydrogens is 329 g/mol. The Hall–Kier alpha value is -0.360. The number of thiazole rings is 1. The van der Waals surface area contributed by atoms with E-state index in [9.17, 15) is 4.79 Å². The smallest absolute Gasteiger partial charge is 0.225 e. The Morgan fingerprint density at radius 3 is 2.52 bits per heavy atom. The third-order valence-corrected chi connectivity index (χ3v) is 5.78. The Labute approximate surface area is 142 Å². The van der Waals surface area contributed by atoms with E-state index in [0.29, 0.717) is 18.4 Å². The minimum atomic E-state index is 0. The highest BCUT2D eigenvalue weighted by Gasteiger charge is 2.48. The molecule has 4 atom stereocenters. The SMILES string of the molecule is Cc1nc(C)c(CNC(=O)C2C3CCC(C3)C2N)s1.Cl.Cl. The number of fused-ring (bicyclic) bond motifs is 2. The maximum absolute atomic E-state index is 12.3. The Balaban J connectivity index is 0.00000110. The van der Waals surface area contributed by atoms with Crippen molar-refractivity contribution in [2.24, 2.45) is 23.5 Å². The van der Waals surface area contributed by atoms with E-state index in [4.69, 9.17) is 5.73 Å².